The third-order valence-corrected chi connectivity index (χ3v) is 9.72. The third-order valence-electron chi connectivity index (χ3n) is 8.87. The van der Waals surface area contributed by atoms with Crippen LogP contribution in [0, 0.1) is 11.8 Å². The number of ether oxygens (including phenoxy) is 2. The molecule has 3 aliphatic heterocycles. The smallest absolute Gasteiger partial charge is 0.306 e. The van der Waals surface area contributed by atoms with Crippen LogP contribution in [0.5, 0.6) is 0 Å². The highest BCUT2D eigenvalue weighted by Crippen LogP contribution is 2.60. The topological polar surface area (TPSA) is 125 Å². The highest BCUT2D eigenvalue weighted by molar-refractivity contribution is 9.09. The van der Waals surface area contributed by atoms with Gasteiger partial charge in [0.15, 0.2) is 0 Å². The molecule has 1 aromatic carbocycles. The second-order valence-corrected chi connectivity index (χ2v) is 14.0. The number of hydrogen-bond donors (Lipinski definition) is 2. The largest absolute Gasteiger partial charge is 0.463 e. The molecule has 3 saturated heterocycles. The second kappa shape index (κ2) is 13.5. The lowest BCUT2D eigenvalue weighted by atomic mass is 9.70. The van der Waals surface area contributed by atoms with E-state index in [2.05, 4.69) is 34.4 Å². The summed E-state index contributed by atoms with van der Waals surface area (Å²) in [4.78, 5) is 58.0. The van der Waals surface area contributed by atoms with Gasteiger partial charge in [0.1, 0.15) is 18.2 Å². The number of nitrogens with zero attached hydrogens (tertiary/aromatic N) is 2. The third kappa shape index (κ3) is 6.23. The maximum Gasteiger partial charge on any atom is 0.306 e. The van der Waals surface area contributed by atoms with Crippen LogP contribution in [-0.4, -0.2) is 92.5 Å². The summed E-state index contributed by atoms with van der Waals surface area (Å²) in [6.45, 7) is 14.7. The second-order valence-electron chi connectivity index (χ2n) is 12.8. The van der Waals surface area contributed by atoms with Crippen molar-refractivity contribution in [3.05, 3.63) is 61.2 Å². The fraction of sp³-hybridized carbons (Fsp3) is 0.576. The summed E-state index contributed by atoms with van der Waals surface area (Å²) < 4.78 is 12.1. The van der Waals surface area contributed by atoms with Crippen LogP contribution in [0.2, 0.25) is 0 Å². The number of aliphatic hydroxyl groups excluding tert-OH is 1. The Bertz CT molecular complexity index is 1270. The van der Waals surface area contributed by atoms with Gasteiger partial charge in [-0.1, -0.05) is 58.4 Å². The Morgan fingerprint density at radius 3 is 2.52 bits per heavy atom. The lowest BCUT2D eigenvalue weighted by Crippen LogP contribution is -2.61. The maximum atomic E-state index is 14.4. The number of carbonyl (C=O) groups is 4. The summed E-state index contributed by atoms with van der Waals surface area (Å²) >= 11 is 3.70. The van der Waals surface area contributed by atoms with E-state index in [9.17, 15) is 24.3 Å². The van der Waals surface area contributed by atoms with Crippen molar-refractivity contribution >= 4 is 39.6 Å². The maximum absolute atomic E-state index is 14.4. The highest BCUT2D eigenvalue weighted by Gasteiger charge is 2.77. The average Bonchev–Trinajstić information content (AvgIpc) is 3.59. The summed E-state index contributed by atoms with van der Waals surface area (Å²) in [5.41, 5.74) is -1.13. The molecule has 0 aliphatic carbocycles. The Morgan fingerprint density at radius 2 is 1.93 bits per heavy atom. The molecular weight excluding hydrogens is 630 g/mol. The number of halogens is 1. The van der Waals surface area contributed by atoms with Crippen LogP contribution in [0.4, 0.5) is 0 Å². The predicted molar refractivity (Wildman–Crippen MR) is 168 cm³/mol. The van der Waals surface area contributed by atoms with E-state index < -0.39 is 65.0 Å². The number of carbonyl (C=O) groups excluding carboxylic acids is 4. The van der Waals surface area contributed by atoms with Gasteiger partial charge in [-0.05, 0) is 46.1 Å². The van der Waals surface area contributed by atoms with E-state index >= 15 is 0 Å². The van der Waals surface area contributed by atoms with Gasteiger partial charge in [-0.25, -0.2) is 0 Å². The number of benzene rings is 1. The lowest BCUT2D eigenvalue weighted by molar-refractivity contribution is -0.154. The SMILES string of the molecule is C=CCCC(=O)OC[C@@H](NC(=O)[C@@H]1[C@H]2O[C@@]3(CC2Br)[C@H](C(=O)N(CC=C)C(C)(C)C)N([C@H](C)CO)C(=O)[C@@H]13)c1ccccc1. The highest BCUT2D eigenvalue weighted by atomic mass is 79.9. The number of esters is 1. The van der Waals surface area contributed by atoms with Crippen molar-refractivity contribution in [2.24, 2.45) is 11.8 Å². The Labute approximate surface area is 267 Å². The van der Waals surface area contributed by atoms with Crippen LogP contribution in [0.15, 0.2) is 55.6 Å². The normalized spacial score (nSPS) is 28.6. The zero-order chi connectivity index (χ0) is 32.4. The van der Waals surface area contributed by atoms with Crippen LogP contribution < -0.4 is 5.32 Å². The predicted octanol–water partition coefficient (Wildman–Crippen LogP) is 3.30. The summed E-state index contributed by atoms with van der Waals surface area (Å²) in [7, 11) is 0. The molecule has 11 heteroatoms. The van der Waals surface area contributed by atoms with Crippen LogP contribution in [0.1, 0.15) is 58.6 Å². The molecule has 44 heavy (non-hydrogen) atoms. The first-order valence-electron chi connectivity index (χ1n) is 15.1. The van der Waals surface area contributed by atoms with Gasteiger partial charge in [0.2, 0.25) is 17.7 Å². The molecule has 0 aromatic heterocycles. The van der Waals surface area contributed by atoms with Crippen LogP contribution in [0.25, 0.3) is 0 Å². The van der Waals surface area contributed by atoms with Gasteiger partial charge < -0.3 is 29.7 Å². The first-order chi connectivity index (χ1) is 20.8. The number of allylic oxidation sites excluding steroid dienone is 1. The van der Waals surface area contributed by atoms with Crippen molar-refractivity contribution in [2.45, 2.75) is 87.2 Å². The van der Waals surface area contributed by atoms with E-state index in [1.54, 1.807) is 24.0 Å². The molecule has 0 radical (unpaired) electrons. The van der Waals surface area contributed by atoms with E-state index in [4.69, 9.17) is 9.47 Å². The molecule has 10 nitrogen and oxygen atoms in total. The zero-order valence-electron chi connectivity index (χ0n) is 25.9. The number of fused-ring (bicyclic) bond motifs is 1. The number of hydrogen-bond acceptors (Lipinski definition) is 7. The summed E-state index contributed by atoms with van der Waals surface area (Å²) in [5.74, 6) is -3.42. The molecular formula is C33H44BrN3O7. The molecule has 1 aromatic rings. The van der Waals surface area contributed by atoms with E-state index in [0.717, 1.165) is 5.56 Å². The molecule has 240 valence electrons. The van der Waals surface area contributed by atoms with Gasteiger partial charge in [-0.2, -0.15) is 0 Å². The van der Waals surface area contributed by atoms with Crippen molar-refractivity contribution in [3.63, 3.8) is 0 Å². The van der Waals surface area contributed by atoms with Crippen molar-refractivity contribution in [2.75, 3.05) is 19.8 Å². The number of rotatable bonds is 13. The Kier molecular flexibility index (Phi) is 10.4. The van der Waals surface area contributed by atoms with Crippen molar-refractivity contribution in [1.29, 1.82) is 0 Å². The van der Waals surface area contributed by atoms with Crippen molar-refractivity contribution in [3.8, 4) is 0 Å². The van der Waals surface area contributed by atoms with Crippen molar-refractivity contribution < 1.29 is 33.8 Å². The Hall–Kier alpha value is -3.02. The number of aliphatic hydroxyl groups is 1. The molecule has 3 aliphatic rings. The molecule has 8 atom stereocenters. The molecule has 2 bridgehead atoms. The van der Waals surface area contributed by atoms with E-state index in [0.29, 0.717) is 12.8 Å². The van der Waals surface area contributed by atoms with Gasteiger partial charge in [0.25, 0.3) is 0 Å². The van der Waals surface area contributed by atoms with Gasteiger partial charge in [-0.3, -0.25) is 19.2 Å². The first kappa shape index (κ1) is 33.9. The molecule has 4 rings (SSSR count). The molecule has 2 N–H and O–H groups in total. The Morgan fingerprint density at radius 1 is 1.25 bits per heavy atom. The lowest BCUT2D eigenvalue weighted by Gasteiger charge is -2.43. The van der Waals surface area contributed by atoms with Gasteiger partial charge in [0, 0.05) is 23.3 Å². The summed E-state index contributed by atoms with van der Waals surface area (Å²) in [6.07, 6.45) is 3.60. The van der Waals surface area contributed by atoms with Gasteiger partial charge in [0.05, 0.1) is 36.6 Å². The molecule has 3 amide bonds. The van der Waals surface area contributed by atoms with Crippen LogP contribution in [0.3, 0.4) is 0 Å². The fourth-order valence-corrected chi connectivity index (χ4v) is 7.77. The quantitative estimate of drug-likeness (QED) is 0.187. The fourth-order valence-electron chi connectivity index (χ4n) is 6.82. The van der Waals surface area contributed by atoms with Gasteiger partial charge in [-0.15, -0.1) is 13.2 Å². The average molecular weight is 675 g/mol. The van der Waals surface area contributed by atoms with Gasteiger partial charge >= 0.3 is 5.97 Å². The minimum absolute atomic E-state index is 0.0949. The van der Waals surface area contributed by atoms with Crippen LogP contribution in [-0.2, 0) is 28.7 Å². The molecule has 1 spiro atoms. The first-order valence-corrected chi connectivity index (χ1v) is 16.0. The van der Waals surface area contributed by atoms with Crippen molar-refractivity contribution in [1.82, 2.24) is 15.1 Å². The number of alkyl halides is 1. The molecule has 1 unspecified atom stereocenters. The zero-order valence-corrected chi connectivity index (χ0v) is 27.5. The minimum Gasteiger partial charge on any atom is -0.463 e. The van der Waals surface area contributed by atoms with E-state index in [1.165, 1.54) is 4.90 Å². The standard InChI is InChI=1S/C33H44BrN3O7/c1-7-9-15-24(39)43-19-23(21-13-11-10-12-14-21)35-29(40)25-26-30(41)37(20(3)18-38)28(33(26)17-22(34)27(25)44-33)31(42)36(16-8-2)32(4,5)6/h7-8,10-14,20,22-23,25-28,38H,1-2,9,15-19H2,3-6H3,(H,35,40)/t20-,22?,23-,25+,26-,27+,28+,33-/m1/s1. The molecule has 3 heterocycles. The number of likely N-dealkylation sites (tertiary alicyclic amines) is 1. The Balaban J connectivity index is 1.69. The monoisotopic (exact) mass is 673 g/mol. The number of amides is 3. The molecule has 3 fully saturated rings. The summed E-state index contributed by atoms with van der Waals surface area (Å²) in [6, 6.07) is 6.75. The summed E-state index contributed by atoms with van der Waals surface area (Å²) in [5, 5.41) is 13.2. The van der Waals surface area contributed by atoms with E-state index in [-0.39, 0.29) is 36.9 Å². The number of nitrogens with one attached hydrogen (secondary N) is 1. The van der Waals surface area contributed by atoms with E-state index in [1.807, 2.05) is 51.1 Å². The molecule has 0 saturated carbocycles. The van der Waals surface area contributed by atoms with Crippen LogP contribution >= 0.6 is 15.9 Å². The minimum atomic E-state index is -1.28.